The summed E-state index contributed by atoms with van der Waals surface area (Å²) in [6, 6.07) is 6.94. The largest absolute Gasteiger partial charge is 0.487 e. The number of hydrogen-bond donors (Lipinski definition) is 0. The molecule has 0 radical (unpaired) electrons. The van der Waals surface area contributed by atoms with Crippen molar-refractivity contribution in [1.82, 2.24) is 14.8 Å². The summed E-state index contributed by atoms with van der Waals surface area (Å²) in [5.74, 6) is 1.70. The fraction of sp³-hybridized carbons (Fsp3) is 0.500. The van der Waals surface area contributed by atoms with Crippen LogP contribution < -0.4 is 10.2 Å². The number of amides is 1. The Labute approximate surface area is 242 Å². The average Bonchev–Trinajstić information content (AvgIpc) is 2.92. The summed E-state index contributed by atoms with van der Waals surface area (Å²) in [5.41, 5.74) is -0.984. The Hall–Kier alpha value is -3.05. The molecule has 4 rings (SSSR count). The van der Waals surface area contributed by atoms with E-state index in [1.165, 1.54) is 24.6 Å². The maximum absolute atomic E-state index is 13.0. The maximum Gasteiger partial charge on any atom is 0.416 e. The second-order valence-corrected chi connectivity index (χ2v) is 12.3. The van der Waals surface area contributed by atoms with E-state index in [4.69, 9.17) is 9.15 Å². The molecule has 222 valence electrons. The highest BCUT2D eigenvalue weighted by molar-refractivity contribution is 7.99. The van der Waals surface area contributed by atoms with Gasteiger partial charge in [0.15, 0.2) is 0 Å². The molecule has 0 N–H and O–H groups in total. The number of ether oxygens (including phenoxy) is 1. The van der Waals surface area contributed by atoms with Crippen molar-refractivity contribution in [3.05, 3.63) is 64.3 Å². The summed E-state index contributed by atoms with van der Waals surface area (Å²) < 4.78 is 50.3. The van der Waals surface area contributed by atoms with Gasteiger partial charge in [0.1, 0.15) is 12.0 Å². The van der Waals surface area contributed by atoms with Crippen molar-refractivity contribution < 1.29 is 27.1 Å². The SMILES string of the molecule is CC(C)(C)C(=O)N1CCN(Cc2cc(=O)c(OCCCCCSc3ccnc4cc(C(F)(F)F)ccc34)co2)CC1. The Bertz CT molecular complexity index is 1400. The van der Waals surface area contributed by atoms with Crippen molar-refractivity contribution in [3.8, 4) is 5.75 Å². The Kier molecular flexibility index (Phi) is 10.0. The van der Waals surface area contributed by atoms with Crippen LogP contribution in [0.15, 0.2) is 56.9 Å². The lowest BCUT2D eigenvalue weighted by Gasteiger charge is -2.37. The van der Waals surface area contributed by atoms with E-state index in [-0.39, 0.29) is 17.1 Å². The second-order valence-electron chi connectivity index (χ2n) is 11.2. The van der Waals surface area contributed by atoms with Crippen LogP contribution in [-0.2, 0) is 17.5 Å². The number of unbranched alkanes of at least 4 members (excludes halogenated alkanes) is 2. The lowest BCUT2D eigenvalue weighted by molar-refractivity contribution is -0.141. The van der Waals surface area contributed by atoms with E-state index in [0.29, 0.717) is 42.9 Å². The number of hydrogen-bond acceptors (Lipinski definition) is 7. The second kappa shape index (κ2) is 13.3. The number of rotatable bonds is 10. The molecule has 1 fully saturated rings. The molecule has 0 spiro atoms. The highest BCUT2D eigenvalue weighted by Gasteiger charge is 2.31. The summed E-state index contributed by atoms with van der Waals surface area (Å²) in [6.45, 7) is 9.41. The Morgan fingerprint density at radius 1 is 1.05 bits per heavy atom. The quantitative estimate of drug-likeness (QED) is 0.204. The van der Waals surface area contributed by atoms with Gasteiger partial charge < -0.3 is 14.1 Å². The molecule has 7 nitrogen and oxygen atoms in total. The zero-order valence-corrected chi connectivity index (χ0v) is 24.4. The number of thioether (sulfide) groups is 1. The number of halogens is 3. The summed E-state index contributed by atoms with van der Waals surface area (Å²) >= 11 is 1.59. The van der Waals surface area contributed by atoms with Gasteiger partial charge in [-0.2, -0.15) is 13.2 Å². The van der Waals surface area contributed by atoms with Gasteiger partial charge in [-0.05, 0) is 43.2 Å². The average molecular weight is 592 g/mol. The summed E-state index contributed by atoms with van der Waals surface area (Å²) in [6.07, 6.45) is 1.03. The fourth-order valence-electron chi connectivity index (χ4n) is 4.60. The number of benzene rings is 1. The van der Waals surface area contributed by atoms with Crippen molar-refractivity contribution in [1.29, 1.82) is 0 Å². The Balaban J connectivity index is 1.16. The van der Waals surface area contributed by atoms with E-state index in [1.807, 2.05) is 31.7 Å². The molecule has 0 saturated carbocycles. The number of pyridine rings is 1. The van der Waals surface area contributed by atoms with E-state index < -0.39 is 17.2 Å². The van der Waals surface area contributed by atoms with Crippen LogP contribution in [0.4, 0.5) is 13.2 Å². The fourth-order valence-corrected chi connectivity index (χ4v) is 5.65. The van der Waals surface area contributed by atoms with Gasteiger partial charge in [-0.15, -0.1) is 11.8 Å². The van der Waals surface area contributed by atoms with Gasteiger partial charge >= 0.3 is 6.18 Å². The van der Waals surface area contributed by atoms with E-state index in [1.54, 1.807) is 11.8 Å². The monoisotopic (exact) mass is 591 g/mol. The van der Waals surface area contributed by atoms with E-state index in [9.17, 15) is 22.8 Å². The zero-order valence-electron chi connectivity index (χ0n) is 23.6. The molecule has 0 atom stereocenters. The molecular weight excluding hydrogens is 555 g/mol. The molecule has 0 aliphatic carbocycles. The maximum atomic E-state index is 13.0. The lowest BCUT2D eigenvalue weighted by atomic mass is 9.94. The highest BCUT2D eigenvalue weighted by Crippen LogP contribution is 2.34. The van der Waals surface area contributed by atoms with Gasteiger partial charge in [-0.3, -0.25) is 19.5 Å². The van der Waals surface area contributed by atoms with Crippen molar-refractivity contribution in [3.63, 3.8) is 0 Å². The minimum Gasteiger partial charge on any atom is -0.487 e. The normalized spacial score (nSPS) is 14.9. The van der Waals surface area contributed by atoms with Crippen LogP contribution in [0.3, 0.4) is 0 Å². The third-order valence-electron chi connectivity index (χ3n) is 6.87. The molecule has 3 aromatic rings. The summed E-state index contributed by atoms with van der Waals surface area (Å²) in [7, 11) is 0. The molecule has 1 aliphatic rings. The smallest absolute Gasteiger partial charge is 0.416 e. The van der Waals surface area contributed by atoms with Gasteiger partial charge in [0.25, 0.3) is 0 Å². The number of carbonyl (C=O) groups is 1. The molecule has 1 saturated heterocycles. The van der Waals surface area contributed by atoms with Crippen LogP contribution >= 0.6 is 11.8 Å². The number of alkyl halides is 3. The molecular formula is C30H36F3N3O4S. The molecule has 11 heteroatoms. The van der Waals surface area contributed by atoms with E-state index in [0.717, 1.165) is 55.1 Å². The standard InChI is InChI=1S/C30H36F3N3O4S/c1-29(2,3)28(38)36-13-11-35(12-14-36)19-22-18-25(37)26(20-40-22)39-15-5-4-6-16-41-27-9-10-34-24-17-21(30(31,32)33)7-8-23(24)27/h7-10,17-18,20H,4-6,11-16,19H2,1-3H3. The Morgan fingerprint density at radius 3 is 2.49 bits per heavy atom. The van der Waals surface area contributed by atoms with Crippen LogP contribution in [0.25, 0.3) is 10.9 Å². The third-order valence-corrected chi connectivity index (χ3v) is 8.03. The predicted molar refractivity (Wildman–Crippen MR) is 153 cm³/mol. The van der Waals surface area contributed by atoms with Crippen LogP contribution in [0.5, 0.6) is 5.75 Å². The van der Waals surface area contributed by atoms with Crippen LogP contribution in [0, 0.1) is 5.41 Å². The van der Waals surface area contributed by atoms with E-state index in [2.05, 4.69) is 9.88 Å². The molecule has 0 bridgehead atoms. The molecule has 1 amide bonds. The first kappa shape index (κ1) is 30.9. The van der Waals surface area contributed by atoms with Gasteiger partial charge in [0.2, 0.25) is 17.1 Å². The number of fused-ring (bicyclic) bond motifs is 1. The number of aromatic nitrogens is 1. The first-order chi connectivity index (χ1) is 19.4. The number of piperazine rings is 1. The van der Waals surface area contributed by atoms with Crippen molar-refractivity contribution in [2.45, 2.75) is 57.7 Å². The van der Waals surface area contributed by atoms with E-state index >= 15 is 0 Å². The minimum absolute atomic E-state index is 0.150. The highest BCUT2D eigenvalue weighted by atomic mass is 32.2. The van der Waals surface area contributed by atoms with Gasteiger partial charge in [-0.1, -0.05) is 26.8 Å². The summed E-state index contributed by atoms with van der Waals surface area (Å²) in [5, 5.41) is 0.710. The first-order valence-electron chi connectivity index (χ1n) is 13.8. The lowest BCUT2D eigenvalue weighted by Crippen LogP contribution is -2.51. The minimum atomic E-state index is -4.39. The van der Waals surface area contributed by atoms with Crippen molar-refractivity contribution >= 4 is 28.6 Å². The van der Waals surface area contributed by atoms with Crippen LogP contribution in [0.1, 0.15) is 51.4 Å². The molecule has 41 heavy (non-hydrogen) atoms. The van der Waals surface area contributed by atoms with Crippen molar-refractivity contribution in [2.24, 2.45) is 5.41 Å². The van der Waals surface area contributed by atoms with Crippen LogP contribution in [-0.4, -0.2) is 59.2 Å². The Morgan fingerprint density at radius 2 is 1.80 bits per heavy atom. The zero-order chi connectivity index (χ0) is 29.6. The predicted octanol–water partition coefficient (Wildman–Crippen LogP) is 6.24. The van der Waals surface area contributed by atoms with Gasteiger partial charge in [0.05, 0.1) is 24.2 Å². The topological polar surface area (TPSA) is 75.9 Å². The first-order valence-corrected chi connectivity index (χ1v) is 14.8. The van der Waals surface area contributed by atoms with Crippen LogP contribution in [0.2, 0.25) is 0 Å². The van der Waals surface area contributed by atoms with Gasteiger partial charge in [-0.25, -0.2) is 0 Å². The van der Waals surface area contributed by atoms with Crippen molar-refractivity contribution in [2.75, 3.05) is 38.5 Å². The molecule has 1 aromatic carbocycles. The molecule has 1 aliphatic heterocycles. The third kappa shape index (κ3) is 8.48. The molecule has 0 unspecified atom stereocenters. The number of nitrogens with zero attached hydrogens (tertiary/aromatic N) is 3. The number of carbonyl (C=O) groups excluding carboxylic acids is 1. The molecule has 2 aromatic heterocycles. The molecule has 3 heterocycles. The van der Waals surface area contributed by atoms with Gasteiger partial charge in [0, 0.05) is 54.1 Å². The summed E-state index contributed by atoms with van der Waals surface area (Å²) in [4.78, 5) is 34.0.